The van der Waals surface area contributed by atoms with Gasteiger partial charge in [-0.3, -0.25) is 14.4 Å². The first-order chi connectivity index (χ1) is 16.5. The van der Waals surface area contributed by atoms with Gasteiger partial charge in [0.1, 0.15) is 6.54 Å². The molecular formula is C27H29N3O4. The lowest BCUT2D eigenvalue weighted by atomic mass is 9.95. The van der Waals surface area contributed by atoms with Crippen molar-refractivity contribution in [2.24, 2.45) is 5.92 Å². The number of aromatic amines is 1. The van der Waals surface area contributed by atoms with Gasteiger partial charge in [-0.05, 0) is 44.4 Å². The highest BCUT2D eigenvalue weighted by Gasteiger charge is 2.41. The smallest absolute Gasteiger partial charge is 0.309 e. The van der Waals surface area contributed by atoms with Crippen LogP contribution in [0.4, 0.5) is 0 Å². The Morgan fingerprint density at radius 3 is 2.53 bits per heavy atom. The summed E-state index contributed by atoms with van der Waals surface area (Å²) in [5.41, 5.74) is 4.60. The van der Waals surface area contributed by atoms with Crippen LogP contribution in [0.5, 0.6) is 0 Å². The number of carbonyl (C=O) groups excluding carboxylic acids is 3. The van der Waals surface area contributed by atoms with Gasteiger partial charge in [0.25, 0.3) is 5.91 Å². The summed E-state index contributed by atoms with van der Waals surface area (Å²) in [6, 6.07) is 15.3. The minimum absolute atomic E-state index is 0.00119. The molecule has 0 saturated carbocycles. The summed E-state index contributed by atoms with van der Waals surface area (Å²) in [4.78, 5) is 45.7. The number of nitrogens with zero attached hydrogens (tertiary/aromatic N) is 2. The lowest BCUT2D eigenvalue weighted by Gasteiger charge is -2.33. The van der Waals surface area contributed by atoms with Crippen molar-refractivity contribution in [3.63, 3.8) is 0 Å². The fourth-order valence-electron chi connectivity index (χ4n) is 5.37. The number of rotatable bonds is 5. The van der Waals surface area contributed by atoms with Crippen molar-refractivity contribution in [3.05, 3.63) is 70.9 Å². The Bertz CT molecular complexity index is 1260. The summed E-state index contributed by atoms with van der Waals surface area (Å²) < 4.78 is 5.14. The van der Waals surface area contributed by atoms with E-state index < -0.39 is 0 Å². The van der Waals surface area contributed by atoms with Crippen LogP contribution in [0.2, 0.25) is 0 Å². The van der Waals surface area contributed by atoms with Gasteiger partial charge >= 0.3 is 5.97 Å². The number of carbonyl (C=O) groups is 3. The molecule has 2 aromatic carbocycles. The third-order valence-electron chi connectivity index (χ3n) is 7.05. The fraction of sp³-hybridized carbons (Fsp3) is 0.370. The first-order valence-corrected chi connectivity index (χ1v) is 11.9. The number of nitrogens with one attached hydrogen (secondary N) is 1. The van der Waals surface area contributed by atoms with E-state index in [4.69, 9.17) is 4.74 Å². The molecule has 7 heteroatoms. The van der Waals surface area contributed by atoms with E-state index in [2.05, 4.69) is 11.1 Å². The lowest BCUT2D eigenvalue weighted by molar-refractivity contribution is -0.151. The molecule has 1 saturated heterocycles. The number of esters is 1. The van der Waals surface area contributed by atoms with Gasteiger partial charge in [-0.15, -0.1) is 0 Å². The number of para-hydroxylation sites is 1. The molecule has 5 rings (SSSR count). The normalized spacial score (nSPS) is 18.4. The Hall–Kier alpha value is -3.61. The zero-order valence-corrected chi connectivity index (χ0v) is 19.5. The van der Waals surface area contributed by atoms with Gasteiger partial charge in [-0.2, -0.15) is 0 Å². The molecule has 1 fully saturated rings. The van der Waals surface area contributed by atoms with Gasteiger partial charge in [-0.1, -0.05) is 36.4 Å². The molecule has 3 aromatic rings. The number of hydrogen-bond donors (Lipinski definition) is 1. The second-order valence-corrected chi connectivity index (χ2v) is 9.04. The number of benzene rings is 2. The molecule has 0 spiro atoms. The van der Waals surface area contributed by atoms with Crippen molar-refractivity contribution < 1.29 is 19.1 Å². The van der Waals surface area contributed by atoms with Crippen molar-refractivity contribution in [2.45, 2.75) is 32.7 Å². The van der Waals surface area contributed by atoms with E-state index >= 15 is 0 Å². The second-order valence-electron chi connectivity index (χ2n) is 9.04. The van der Waals surface area contributed by atoms with Gasteiger partial charge in [-0.25, -0.2) is 0 Å². The number of amides is 2. The topological polar surface area (TPSA) is 82.7 Å². The SMILES string of the molecule is CCOC(=O)C1CCN(C(=O)CN2C(=O)c3ccccc3C2c2c(C)[nH]c3ccccc23)CC1. The third-order valence-corrected chi connectivity index (χ3v) is 7.05. The number of H-pyrrole nitrogens is 1. The van der Waals surface area contributed by atoms with Gasteiger partial charge in [0, 0.05) is 40.8 Å². The van der Waals surface area contributed by atoms with Crippen molar-refractivity contribution in [3.8, 4) is 0 Å². The maximum atomic E-state index is 13.5. The molecule has 7 nitrogen and oxygen atoms in total. The highest BCUT2D eigenvalue weighted by atomic mass is 16.5. The molecule has 0 aliphatic carbocycles. The second kappa shape index (κ2) is 8.97. The molecule has 34 heavy (non-hydrogen) atoms. The zero-order valence-electron chi connectivity index (χ0n) is 19.5. The summed E-state index contributed by atoms with van der Waals surface area (Å²) in [7, 11) is 0. The van der Waals surface area contributed by atoms with Crippen LogP contribution in [0.15, 0.2) is 48.5 Å². The average Bonchev–Trinajstić information content (AvgIpc) is 3.32. The summed E-state index contributed by atoms with van der Waals surface area (Å²) in [6.45, 7) is 5.17. The summed E-state index contributed by atoms with van der Waals surface area (Å²) in [5, 5.41) is 1.06. The molecule has 1 unspecified atom stereocenters. The maximum Gasteiger partial charge on any atom is 0.309 e. The Balaban J connectivity index is 1.42. The zero-order chi connectivity index (χ0) is 23.8. The van der Waals surface area contributed by atoms with Gasteiger partial charge in [0.15, 0.2) is 0 Å². The van der Waals surface area contributed by atoms with Crippen LogP contribution in [0.1, 0.15) is 53.0 Å². The van der Waals surface area contributed by atoms with Gasteiger partial charge in [0.2, 0.25) is 5.91 Å². The maximum absolute atomic E-state index is 13.5. The molecule has 0 radical (unpaired) electrons. The predicted octanol–water partition coefficient (Wildman–Crippen LogP) is 3.82. The quantitative estimate of drug-likeness (QED) is 0.588. The van der Waals surface area contributed by atoms with Crippen molar-refractivity contribution in [2.75, 3.05) is 26.2 Å². The number of piperidine rings is 1. The molecule has 1 atom stereocenters. The Kier molecular flexibility index (Phi) is 5.86. The Labute approximate surface area is 198 Å². The van der Waals surface area contributed by atoms with Crippen LogP contribution in [-0.2, 0) is 14.3 Å². The van der Waals surface area contributed by atoms with Gasteiger partial charge < -0.3 is 19.5 Å². The largest absolute Gasteiger partial charge is 0.466 e. The molecule has 0 bridgehead atoms. The van der Waals surface area contributed by atoms with E-state index in [1.54, 1.807) is 16.7 Å². The first kappa shape index (κ1) is 22.2. The van der Waals surface area contributed by atoms with E-state index in [0.29, 0.717) is 38.1 Å². The third kappa shape index (κ3) is 3.75. The highest BCUT2D eigenvalue weighted by Crippen LogP contribution is 2.42. The number of likely N-dealkylation sites (tertiary alicyclic amines) is 1. The van der Waals surface area contributed by atoms with Crippen molar-refractivity contribution in [1.29, 1.82) is 0 Å². The Morgan fingerprint density at radius 2 is 1.76 bits per heavy atom. The number of hydrogen-bond acceptors (Lipinski definition) is 4. The van der Waals surface area contributed by atoms with E-state index in [0.717, 1.165) is 27.7 Å². The van der Waals surface area contributed by atoms with Crippen LogP contribution in [0.3, 0.4) is 0 Å². The van der Waals surface area contributed by atoms with E-state index in [9.17, 15) is 14.4 Å². The first-order valence-electron chi connectivity index (χ1n) is 11.9. The number of ether oxygens (including phenoxy) is 1. The van der Waals surface area contributed by atoms with Crippen LogP contribution in [0.25, 0.3) is 10.9 Å². The van der Waals surface area contributed by atoms with Crippen molar-refractivity contribution in [1.82, 2.24) is 14.8 Å². The minimum atomic E-state index is -0.333. The molecule has 1 N–H and O–H groups in total. The van der Waals surface area contributed by atoms with E-state index in [1.165, 1.54) is 0 Å². The highest BCUT2D eigenvalue weighted by molar-refractivity contribution is 6.02. The monoisotopic (exact) mass is 459 g/mol. The van der Waals surface area contributed by atoms with Crippen LogP contribution in [0, 0.1) is 12.8 Å². The molecular weight excluding hydrogens is 430 g/mol. The molecule has 3 heterocycles. The number of aromatic nitrogens is 1. The molecule has 2 amide bonds. The molecule has 1 aromatic heterocycles. The summed E-state index contributed by atoms with van der Waals surface area (Å²) in [6.07, 6.45) is 1.17. The van der Waals surface area contributed by atoms with Crippen LogP contribution in [-0.4, -0.2) is 58.8 Å². The van der Waals surface area contributed by atoms with E-state index in [-0.39, 0.29) is 36.3 Å². The average molecular weight is 460 g/mol. The van der Waals surface area contributed by atoms with Gasteiger partial charge in [0.05, 0.1) is 18.6 Å². The standard InChI is InChI=1S/C27H29N3O4/c1-3-34-27(33)18-12-14-29(15-13-18)23(31)16-30-25(19-8-4-5-9-20(19)26(30)32)24-17(2)28-22-11-7-6-10-21(22)24/h4-11,18,25,28H,3,12-16H2,1-2H3. The van der Waals surface area contributed by atoms with E-state index in [1.807, 2.05) is 49.4 Å². The molecule has 176 valence electrons. The molecule has 2 aliphatic rings. The molecule has 2 aliphatic heterocycles. The fourth-order valence-corrected chi connectivity index (χ4v) is 5.37. The predicted molar refractivity (Wildman–Crippen MR) is 128 cm³/mol. The van der Waals surface area contributed by atoms with Crippen molar-refractivity contribution >= 4 is 28.7 Å². The van der Waals surface area contributed by atoms with Crippen LogP contribution < -0.4 is 0 Å². The summed E-state index contributed by atoms with van der Waals surface area (Å²) >= 11 is 0. The number of aryl methyl sites for hydroxylation is 1. The van der Waals surface area contributed by atoms with Crippen LogP contribution >= 0.6 is 0 Å². The lowest BCUT2D eigenvalue weighted by Crippen LogP contribution is -2.46. The Morgan fingerprint density at radius 1 is 1.06 bits per heavy atom. The summed E-state index contributed by atoms with van der Waals surface area (Å²) in [5.74, 6) is -0.566. The number of fused-ring (bicyclic) bond motifs is 2. The minimum Gasteiger partial charge on any atom is -0.466 e.